The molecule has 96 valence electrons. The van der Waals surface area contributed by atoms with Gasteiger partial charge in [-0.2, -0.15) is 5.10 Å². The van der Waals surface area contributed by atoms with Crippen LogP contribution in [0.3, 0.4) is 0 Å². The number of hydrogen-bond donors (Lipinski definition) is 2. The predicted molar refractivity (Wildman–Crippen MR) is 63.0 cm³/mol. The Morgan fingerprint density at radius 2 is 2.53 bits per heavy atom. The van der Waals surface area contributed by atoms with Crippen molar-refractivity contribution in [2.45, 2.75) is 18.9 Å². The first-order chi connectivity index (χ1) is 8.16. The lowest BCUT2D eigenvalue weighted by Crippen LogP contribution is -2.41. The number of rotatable bonds is 5. The molecule has 17 heavy (non-hydrogen) atoms. The molecule has 1 aliphatic rings. The summed E-state index contributed by atoms with van der Waals surface area (Å²) in [6.07, 6.45) is 5.21. The molecule has 1 N–H and O–H groups in total. The number of aryl methyl sites for hydroxylation is 1. The van der Waals surface area contributed by atoms with Gasteiger partial charge < -0.3 is 4.74 Å². The largest absolute Gasteiger partial charge is 0.377 e. The third kappa shape index (κ3) is 3.18. The van der Waals surface area contributed by atoms with Gasteiger partial charge in [0.05, 0.1) is 18.5 Å². The smallest absolute Gasteiger partial charge is 0.238 e. The molecule has 1 aromatic heterocycles. The average Bonchev–Trinajstić information content (AvgIpc) is 2.90. The van der Waals surface area contributed by atoms with E-state index in [-0.39, 0.29) is 6.10 Å². The van der Waals surface area contributed by atoms with Crippen LogP contribution >= 0.6 is 0 Å². The Morgan fingerprint density at radius 1 is 1.71 bits per heavy atom. The molecule has 1 atom stereocenters. The number of nitrogens with one attached hydrogen (secondary N) is 1. The molecule has 8 heteroatoms. The molecule has 1 aromatic rings. The van der Waals surface area contributed by atoms with Crippen LogP contribution < -0.4 is 9.84 Å². The van der Waals surface area contributed by atoms with E-state index in [0.717, 1.165) is 23.9 Å². The number of ether oxygens (including phenoxy) is 1. The van der Waals surface area contributed by atoms with Crippen LogP contribution in [0.4, 0.5) is 5.69 Å². The first-order valence-electron chi connectivity index (χ1n) is 5.45. The fourth-order valence-electron chi connectivity index (χ4n) is 1.75. The van der Waals surface area contributed by atoms with Crippen LogP contribution in [0.15, 0.2) is 12.4 Å². The summed E-state index contributed by atoms with van der Waals surface area (Å²) >= 11 is 0. The Labute approximate surface area is 101 Å². The number of aromatic nitrogens is 2. The molecule has 0 amide bonds. The van der Waals surface area contributed by atoms with Gasteiger partial charge >= 0.3 is 0 Å². The topological polar surface area (TPSA) is 76.5 Å². The molecule has 0 radical (unpaired) electrons. The Hall–Kier alpha value is -1.12. The number of hydrazine groups is 1. The van der Waals surface area contributed by atoms with Crippen LogP contribution in [0.25, 0.3) is 0 Å². The molecule has 0 unspecified atom stereocenters. The van der Waals surface area contributed by atoms with Crippen molar-refractivity contribution in [3.8, 4) is 0 Å². The van der Waals surface area contributed by atoms with Crippen molar-refractivity contribution < 1.29 is 13.2 Å². The number of nitrogens with zero attached hydrogens (tertiary/aromatic N) is 3. The van der Waals surface area contributed by atoms with Crippen LogP contribution in [0, 0.1) is 0 Å². The zero-order chi connectivity index (χ0) is 12.3. The van der Waals surface area contributed by atoms with Gasteiger partial charge in [-0.25, -0.2) is 18.3 Å². The molecular weight excluding hydrogens is 244 g/mol. The second-order valence-corrected chi connectivity index (χ2v) is 4.79. The van der Waals surface area contributed by atoms with E-state index in [0.29, 0.717) is 12.2 Å². The fourth-order valence-corrected chi connectivity index (χ4v) is 2.24. The summed E-state index contributed by atoms with van der Waals surface area (Å²) in [6.45, 7) is 1.24. The summed E-state index contributed by atoms with van der Waals surface area (Å²) in [5, 5.41) is 3.94. The van der Waals surface area contributed by atoms with Gasteiger partial charge in [-0.15, -0.1) is 0 Å². The molecule has 0 spiro atoms. The minimum atomic E-state index is -2.73. The Balaban J connectivity index is 1.97. The number of hydrogen-bond acceptors (Lipinski definition) is 5. The van der Waals surface area contributed by atoms with Crippen LogP contribution in [0.5, 0.6) is 0 Å². The van der Waals surface area contributed by atoms with Gasteiger partial charge in [-0.1, -0.05) is 0 Å². The summed E-state index contributed by atoms with van der Waals surface area (Å²) in [5.74, 6) is 0. The molecule has 1 aliphatic heterocycles. The van der Waals surface area contributed by atoms with E-state index in [4.69, 9.17) is 4.74 Å². The summed E-state index contributed by atoms with van der Waals surface area (Å²) in [4.78, 5) is 0. The maximum Gasteiger partial charge on any atom is 0.238 e. The summed E-state index contributed by atoms with van der Waals surface area (Å²) in [6, 6.07) is 0. The Morgan fingerprint density at radius 3 is 3.06 bits per heavy atom. The normalized spacial score (nSPS) is 20.0. The highest BCUT2D eigenvalue weighted by molar-refractivity contribution is 7.73. The molecule has 2 heterocycles. The van der Waals surface area contributed by atoms with Crippen molar-refractivity contribution in [2.75, 3.05) is 17.6 Å². The van der Waals surface area contributed by atoms with Gasteiger partial charge in [0.2, 0.25) is 10.9 Å². The fraction of sp³-hybridized carbons (Fsp3) is 0.667. The average molecular weight is 260 g/mol. The quantitative estimate of drug-likeness (QED) is 0.548. The summed E-state index contributed by atoms with van der Waals surface area (Å²) in [5.41, 5.74) is 3.35. The van der Waals surface area contributed by atoms with Crippen molar-refractivity contribution in [2.24, 2.45) is 7.05 Å². The van der Waals surface area contributed by atoms with Crippen LogP contribution in [-0.4, -0.2) is 37.5 Å². The molecule has 0 bridgehead atoms. The highest BCUT2D eigenvalue weighted by atomic mass is 32.2. The van der Waals surface area contributed by atoms with Crippen molar-refractivity contribution in [3.05, 3.63) is 12.4 Å². The standard InChI is InChI=1S/C9H16N4O3S/c1-12-7-8(5-10-12)13(17(14)15)11-6-9-3-2-4-16-9/h5,7,9,11,17H,2-4,6H2,1H3/t9-/m0/s1. The van der Waals surface area contributed by atoms with Crippen molar-refractivity contribution >= 4 is 16.6 Å². The summed E-state index contributed by atoms with van der Waals surface area (Å²) in [7, 11) is -0.998. The minimum absolute atomic E-state index is 0.0871. The predicted octanol–water partition coefficient (Wildman–Crippen LogP) is -0.564. The highest BCUT2D eigenvalue weighted by Crippen LogP contribution is 2.13. The van der Waals surface area contributed by atoms with E-state index in [1.807, 2.05) is 0 Å². The van der Waals surface area contributed by atoms with Gasteiger partial charge in [0, 0.05) is 20.2 Å². The van der Waals surface area contributed by atoms with Crippen LogP contribution in [0.1, 0.15) is 12.8 Å². The Bertz CT molecular complexity index is 431. The molecule has 0 aliphatic carbocycles. The van der Waals surface area contributed by atoms with Gasteiger partial charge in [-0.05, 0) is 12.8 Å². The van der Waals surface area contributed by atoms with Gasteiger partial charge in [-0.3, -0.25) is 4.68 Å². The maximum absolute atomic E-state index is 11.1. The van der Waals surface area contributed by atoms with E-state index in [9.17, 15) is 8.42 Å². The molecule has 1 fully saturated rings. The van der Waals surface area contributed by atoms with Crippen molar-refractivity contribution in [3.63, 3.8) is 0 Å². The second kappa shape index (κ2) is 5.48. The lowest BCUT2D eigenvalue weighted by molar-refractivity contribution is 0.111. The first kappa shape index (κ1) is 12.3. The lowest BCUT2D eigenvalue weighted by Gasteiger charge is -2.19. The van der Waals surface area contributed by atoms with E-state index in [1.165, 1.54) is 6.20 Å². The molecule has 2 rings (SSSR count). The van der Waals surface area contributed by atoms with E-state index < -0.39 is 10.9 Å². The maximum atomic E-state index is 11.1. The zero-order valence-electron chi connectivity index (χ0n) is 9.57. The molecular formula is C9H16N4O3S. The van der Waals surface area contributed by atoms with Crippen LogP contribution in [-0.2, 0) is 22.7 Å². The van der Waals surface area contributed by atoms with Gasteiger partial charge in [0.1, 0.15) is 5.69 Å². The highest BCUT2D eigenvalue weighted by Gasteiger charge is 2.18. The summed E-state index contributed by atoms with van der Waals surface area (Å²) < 4.78 is 30.3. The van der Waals surface area contributed by atoms with E-state index >= 15 is 0 Å². The van der Waals surface area contributed by atoms with Crippen LogP contribution in [0.2, 0.25) is 0 Å². The lowest BCUT2D eigenvalue weighted by atomic mass is 10.2. The van der Waals surface area contributed by atoms with E-state index in [2.05, 4.69) is 10.5 Å². The monoisotopic (exact) mass is 260 g/mol. The number of thiol groups is 1. The van der Waals surface area contributed by atoms with Gasteiger partial charge in [0.25, 0.3) is 0 Å². The zero-order valence-corrected chi connectivity index (χ0v) is 10.5. The molecule has 0 saturated carbocycles. The molecule has 0 aromatic carbocycles. The molecule has 1 saturated heterocycles. The second-order valence-electron chi connectivity index (χ2n) is 3.92. The minimum Gasteiger partial charge on any atom is -0.377 e. The molecule has 7 nitrogen and oxygen atoms in total. The Kier molecular flexibility index (Phi) is 3.97. The third-order valence-electron chi connectivity index (χ3n) is 2.59. The number of anilines is 1. The van der Waals surface area contributed by atoms with E-state index in [1.54, 1.807) is 17.9 Å². The van der Waals surface area contributed by atoms with Crippen molar-refractivity contribution in [1.29, 1.82) is 0 Å². The SMILES string of the molecule is Cn1cc(N(NC[C@@H]2CCCO2)[SH](=O)=O)cn1. The van der Waals surface area contributed by atoms with Gasteiger partial charge in [0.15, 0.2) is 0 Å². The third-order valence-corrected chi connectivity index (χ3v) is 3.29. The first-order valence-corrected chi connectivity index (χ1v) is 6.58. The van der Waals surface area contributed by atoms with Crippen molar-refractivity contribution in [1.82, 2.24) is 15.2 Å².